The van der Waals surface area contributed by atoms with E-state index in [0.717, 1.165) is 43.9 Å². The molecule has 0 atom stereocenters. The summed E-state index contributed by atoms with van der Waals surface area (Å²) in [7, 11) is 3.51. The Hall–Kier alpha value is -1.75. The number of hydrogen-bond acceptors (Lipinski definition) is 3. The molecule has 5 heteroatoms. The maximum atomic E-state index is 12.0. The first-order valence-electron chi connectivity index (χ1n) is 7.52. The average molecular weight is 291 g/mol. The molecule has 1 saturated heterocycles. The molecule has 1 heterocycles. The number of rotatable bonds is 7. The molecule has 0 saturated carbocycles. The van der Waals surface area contributed by atoms with Crippen molar-refractivity contribution < 1.29 is 9.53 Å². The van der Waals surface area contributed by atoms with E-state index in [0.29, 0.717) is 6.54 Å². The van der Waals surface area contributed by atoms with Gasteiger partial charge in [0, 0.05) is 32.2 Å². The lowest BCUT2D eigenvalue weighted by Crippen LogP contribution is -2.29. The van der Waals surface area contributed by atoms with E-state index in [1.54, 1.807) is 12.0 Å². The number of methoxy groups -OCH3 is 1. The minimum absolute atomic E-state index is 0.0894. The minimum atomic E-state index is 0.0894. The normalized spacial score (nSPS) is 14.9. The van der Waals surface area contributed by atoms with E-state index in [4.69, 9.17) is 4.74 Å². The maximum absolute atomic E-state index is 12.0. The summed E-state index contributed by atoms with van der Waals surface area (Å²) < 4.78 is 5.43. The lowest BCUT2D eigenvalue weighted by Gasteiger charge is -2.18. The van der Waals surface area contributed by atoms with Crippen LogP contribution in [-0.4, -0.2) is 49.6 Å². The third-order valence-electron chi connectivity index (χ3n) is 3.76. The first-order chi connectivity index (χ1) is 10.2. The quantitative estimate of drug-likeness (QED) is 0.782. The van der Waals surface area contributed by atoms with Gasteiger partial charge in [0.1, 0.15) is 5.75 Å². The Bertz CT molecular complexity index is 490. The number of carbonyl (C=O) groups excluding carboxylic acids is 1. The van der Waals surface area contributed by atoms with Crippen molar-refractivity contribution >= 4 is 6.03 Å². The zero-order valence-corrected chi connectivity index (χ0v) is 13.2. The number of amides is 2. The molecule has 1 aromatic carbocycles. The molecule has 0 aromatic heterocycles. The molecule has 1 N–H and O–H groups in total. The molecule has 1 aliphatic rings. The zero-order valence-electron chi connectivity index (χ0n) is 13.2. The third kappa shape index (κ3) is 3.88. The number of nitrogens with one attached hydrogen (secondary N) is 1. The van der Waals surface area contributed by atoms with Crippen LogP contribution >= 0.6 is 0 Å². The van der Waals surface area contributed by atoms with Crippen LogP contribution in [0.2, 0.25) is 0 Å². The lowest BCUT2D eigenvalue weighted by atomic mass is 10.1. The highest BCUT2D eigenvalue weighted by molar-refractivity contribution is 5.76. The van der Waals surface area contributed by atoms with E-state index >= 15 is 0 Å². The largest absolute Gasteiger partial charge is 0.496 e. The Morgan fingerprint density at radius 2 is 2.14 bits per heavy atom. The second-order valence-corrected chi connectivity index (χ2v) is 5.45. The number of likely N-dealkylation sites (N-methyl/N-ethyl adjacent to an activating group) is 1. The standard InChI is InChI=1S/C16H25N3O2/c1-4-7-17-11-13-5-6-15(21-3)14(10-13)12-19-9-8-18(2)16(19)20/h5-6,10,17H,4,7-9,11-12H2,1-3H3. The molecule has 2 rings (SSSR count). The Balaban J connectivity index is 2.08. The smallest absolute Gasteiger partial charge is 0.320 e. The van der Waals surface area contributed by atoms with Crippen molar-refractivity contribution in [1.82, 2.24) is 15.1 Å². The van der Waals surface area contributed by atoms with E-state index in [9.17, 15) is 4.79 Å². The first-order valence-corrected chi connectivity index (χ1v) is 7.52. The van der Waals surface area contributed by atoms with Crippen molar-refractivity contribution in [3.63, 3.8) is 0 Å². The van der Waals surface area contributed by atoms with Crippen LogP contribution in [0.5, 0.6) is 5.75 Å². The topological polar surface area (TPSA) is 44.8 Å². The van der Waals surface area contributed by atoms with Crippen LogP contribution < -0.4 is 10.1 Å². The Morgan fingerprint density at radius 1 is 1.33 bits per heavy atom. The van der Waals surface area contributed by atoms with Gasteiger partial charge >= 0.3 is 6.03 Å². The molecule has 1 aromatic rings. The number of ether oxygens (including phenoxy) is 1. The number of benzene rings is 1. The Kier molecular flexibility index (Phi) is 5.44. The third-order valence-corrected chi connectivity index (χ3v) is 3.76. The van der Waals surface area contributed by atoms with E-state index in [-0.39, 0.29) is 6.03 Å². The fourth-order valence-corrected chi connectivity index (χ4v) is 2.53. The van der Waals surface area contributed by atoms with Gasteiger partial charge in [0.25, 0.3) is 0 Å². The molecule has 5 nitrogen and oxygen atoms in total. The molecule has 0 bridgehead atoms. The zero-order chi connectivity index (χ0) is 15.2. The molecule has 2 amide bonds. The molecule has 0 unspecified atom stereocenters. The molecular formula is C16H25N3O2. The van der Waals surface area contributed by atoms with Crippen molar-refractivity contribution in [3.8, 4) is 5.75 Å². The number of hydrogen-bond donors (Lipinski definition) is 1. The van der Waals surface area contributed by atoms with Gasteiger partial charge in [0.15, 0.2) is 0 Å². The van der Waals surface area contributed by atoms with Crippen LogP contribution in [0.25, 0.3) is 0 Å². The number of nitrogens with zero attached hydrogens (tertiary/aromatic N) is 2. The Morgan fingerprint density at radius 3 is 2.76 bits per heavy atom. The van der Waals surface area contributed by atoms with E-state index in [1.165, 1.54) is 5.56 Å². The highest BCUT2D eigenvalue weighted by Gasteiger charge is 2.25. The van der Waals surface area contributed by atoms with Gasteiger partial charge in [-0.25, -0.2) is 4.79 Å². The van der Waals surface area contributed by atoms with Crippen molar-refractivity contribution in [2.24, 2.45) is 0 Å². The summed E-state index contributed by atoms with van der Waals surface area (Å²) in [6.07, 6.45) is 1.12. The van der Waals surface area contributed by atoms with Crippen LogP contribution in [0.15, 0.2) is 18.2 Å². The van der Waals surface area contributed by atoms with Crippen LogP contribution in [0.3, 0.4) is 0 Å². The molecule has 0 aliphatic carbocycles. The molecule has 0 spiro atoms. The van der Waals surface area contributed by atoms with Crippen molar-refractivity contribution in [2.45, 2.75) is 26.4 Å². The van der Waals surface area contributed by atoms with Gasteiger partial charge in [-0.1, -0.05) is 13.0 Å². The molecule has 1 fully saturated rings. The van der Waals surface area contributed by atoms with Gasteiger partial charge < -0.3 is 19.9 Å². The van der Waals surface area contributed by atoms with Crippen LogP contribution in [0.1, 0.15) is 24.5 Å². The van der Waals surface area contributed by atoms with Gasteiger partial charge in [-0.2, -0.15) is 0 Å². The maximum Gasteiger partial charge on any atom is 0.320 e. The van der Waals surface area contributed by atoms with Gasteiger partial charge in [-0.15, -0.1) is 0 Å². The second-order valence-electron chi connectivity index (χ2n) is 5.45. The molecular weight excluding hydrogens is 266 g/mol. The number of urea groups is 1. The highest BCUT2D eigenvalue weighted by atomic mass is 16.5. The predicted octanol–water partition coefficient (Wildman–Crippen LogP) is 2.06. The van der Waals surface area contributed by atoms with Crippen LogP contribution in [-0.2, 0) is 13.1 Å². The summed E-state index contributed by atoms with van der Waals surface area (Å²) in [6, 6.07) is 6.28. The second kappa shape index (κ2) is 7.31. The molecule has 21 heavy (non-hydrogen) atoms. The average Bonchev–Trinajstić information content (AvgIpc) is 2.80. The van der Waals surface area contributed by atoms with E-state index in [2.05, 4.69) is 24.4 Å². The minimum Gasteiger partial charge on any atom is -0.496 e. The summed E-state index contributed by atoms with van der Waals surface area (Å²) in [4.78, 5) is 15.6. The van der Waals surface area contributed by atoms with E-state index < -0.39 is 0 Å². The monoisotopic (exact) mass is 291 g/mol. The van der Waals surface area contributed by atoms with Crippen molar-refractivity contribution in [2.75, 3.05) is 33.8 Å². The summed E-state index contributed by atoms with van der Waals surface area (Å²) in [6.45, 7) is 6.18. The Labute approximate surface area is 126 Å². The summed E-state index contributed by atoms with van der Waals surface area (Å²) in [5.74, 6) is 0.844. The molecule has 0 radical (unpaired) electrons. The molecule has 116 valence electrons. The van der Waals surface area contributed by atoms with Crippen molar-refractivity contribution in [1.29, 1.82) is 0 Å². The first kappa shape index (κ1) is 15.6. The summed E-state index contributed by atoms with van der Waals surface area (Å²) in [5.41, 5.74) is 2.29. The lowest BCUT2D eigenvalue weighted by molar-refractivity contribution is 0.196. The SMILES string of the molecule is CCCNCc1ccc(OC)c(CN2CCN(C)C2=O)c1. The van der Waals surface area contributed by atoms with Crippen LogP contribution in [0, 0.1) is 0 Å². The van der Waals surface area contributed by atoms with Crippen molar-refractivity contribution in [3.05, 3.63) is 29.3 Å². The predicted molar refractivity (Wildman–Crippen MR) is 83.4 cm³/mol. The fourth-order valence-electron chi connectivity index (χ4n) is 2.53. The van der Waals surface area contributed by atoms with E-state index in [1.807, 2.05) is 18.0 Å². The van der Waals surface area contributed by atoms with Gasteiger partial charge in [-0.05, 0) is 30.7 Å². The van der Waals surface area contributed by atoms with Crippen LogP contribution in [0.4, 0.5) is 4.79 Å². The van der Waals surface area contributed by atoms with Gasteiger partial charge in [-0.3, -0.25) is 0 Å². The van der Waals surface area contributed by atoms with Gasteiger partial charge in [0.05, 0.1) is 13.7 Å². The number of carbonyl (C=O) groups is 1. The molecule has 1 aliphatic heterocycles. The highest BCUT2D eigenvalue weighted by Crippen LogP contribution is 2.23. The summed E-state index contributed by atoms with van der Waals surface area (Å²) >= 11 is 0. The fraction of sp³-hybridized carbons (Fsp3) is 0.562. The summed E-state index contributed by atoms with van der Waals surface area (Å²) in [5, 5.41) is 3.40. The van der Waals surface area contributed by atoms with Gasteiger partial charge in [0.2, 0.25) is 0 Å².